The molecule has 0 aliphatic rings. The van der Waals surface area contributed by atoms with Crippen molar-refractivity contribution in [3.63, 3.8) is 0 Å². The number of nitrogen functional groups attached to an aromatic ring is 1. The number of ketones is 1. The summed E-state index contributed by atoms with van der Waals surface area (Å²) in [6, 6.07) is 8.78. The van der Waals surface area contributed by atoms with Gasteiger partial charge in [-0.15, -0.1) is 0 Å². The predicted molar refractivity (Wildman–Crippen MR) is 65.2 cm³/mol. The first-order valence-electron chi connectivity index (χ1n) is 5.10. The van der Waals surface area contributed by atoms with Crippen LogP contribution in [0.5, 0.6) is 0 Å². The molecule has 6 nitrogen and oxygen atoms in total. The molecule has 2 aromatic rings. The Hall–Kier alpha value is -2.76. The van der Waals surface area contributed by atoms with E-state index in [2.05, 4.69) is 4.98 Å². The zero-order chi connectivity index (χ0) is 13.1. The molecule has 0 fully saturated rings. The molecule has 1 aromatic carbocycles. The van der Waals surface area contributed by atoms with Crippen LogP contribution in [-0.2, 0) is 0 Å². The molecule has 2 rings (SSSR count). The fraction of sp³-hybridized carbons (Fsp3) is 0. The number of nitro groups is 1. The van der Waals surface area contributed by atoms with Gasteiger partial charge in [0.2, 0.25) is 5.78 Å². The minimum atomic E-state index is -0.597. The summed E-state index contributed by atoms with van der Waals surface area (Å²) in [5.41, 5.74) is 5.50. The van der Waals surface area contributed by atoms with Gasteiger partial charge in [-0.1, -0.05) is 12.1 Å². The summed E-state index contributed by atoms with van der Waals surface area (Å²) >= 11 is 0. The molecular weight excluding hydrogens is 234 g/mol. The normalized spacial score (nSPS) is 10.0. The van der Waals surface area contributed by atoms with Crippen LogP contribution in [-0.4, -0.2) is 15.7 Å². The van der Waals surface area contributed by atoms with Crippen molar-refractivity contribution in [2.24, 2.45) is 0 Å². The monoisotopic (exact) mass is 243 g/mol. The highest BCUT2D eigenvalue weighted by molar-refractivity contribution is 6.13. The van der Waals surface area contributed by atoms with Crippen LogP contribution in [0.15, 0.2) is 42.6 Å². The number of para-hydroxylation sites is 1. The fourth-order valence-corrected chi connectivity index (χ4v) is 1.58. The van der Waals surface area contributed by atoms with Crippen molar-refractivity contribution >= 4 is 17.3 Å². The molecule has 0 radical (unpaired) electrons. The van der Waals surface area contributed by atoms with Gasteiger partial charge in [-0.25, -0.2) is 4.98 Å². The van der Waals surface area contributed by atoms with Crippen LogP contribution in [0.4, 0.5) is 11.5 Å². The molecule has 6 heteroatoms. The first kappa shape index (κ1) is 11.7. The molecule has 0 saturated carbocycles. The van der Waals surface area contributed by atoms with E-state index in [4.69, 9.17) is 5.73 Å². The quantitative estimate of drug-likeness (QED) is 0.503. The summed E-state index contributed by atoms with van der Waals surface area (Å²) in [7, 11) is 0. The Labute approximate surface area is 102 Å². The molecule has 0 unspecified atom stereocenters. The van der Waals surface area contributed by atoms with Crippen LogP contribution in [0.2, 0.25) is 0 Å². The Morgan fingerprint density at radius 2 is 1.83 bits per heavy atom. The Morgan fingerprint density at radius 3 is 2.50 bits per heavy atom. The Bertz CT molecular complexity index is 625. The van der Waals surface area contributed by atoms with Gasteiger partial charge < -0.3 is 5.73 Å². The Balaban J connectivity index is 2.54. The lowest BCUT2D eigenvalue weighted by atomic mass is 10.0. The lowest BCUT2D eigenvalue weighted by Crippen LogP contribution is -2.08. The molecule has 2 N–H and O–H groups in total. The van der Waals surface area contributed by atoms with Gasteiger partial charge >= 0.3 is 0 Å². The summed E-state index contributed by atoms with van der Waals surface area (Å²) in [6.45, 7) is 0. The number of nitrogens with zero attached hydrogens (tertiary/aromatic N) is 2. The standard InChI is InChI=1S/C12H9N3O3/c13-12-9(5-3-7-14-12)11(16)8-4-1-2-6-10(8)15(17)18/h1-7H,(H2,13,14). The van der Waals surface area contributed by atoms with Gasteiger partial charge in [0.1, 0.15) is 11.4 Å². The molecule has 0 saturated heterocycles. The first-order chi connectivity index (χ1) is 8.61. The third-order valence-electron chi connectivity index (χ3n) is 2.43. The maximum atomic E-state index is 12.2. The molecule has 0 atom stereocenters. The van der Waals surface area contributed by atoms with Crippen molar-refractivity contribution in [3.05, 3.63) is 63.8 Å². The minimum Gasteiger partial charge on any atom is -0.383 e. The van der Waals surface area contributed by atoms with E-state index in [1.54, 1.807) is 12.1 Å². The summed E-state index contributed by atoms with van der Waals surface area (Å²) in [5.74, 6) is -0.450. The number of nitro benzene ring substituents is 1. The van der Waals surface area contributed by atoms with Gasteiger partial charge in [-0.3, -0.25) is 14.9 Å². The van der Waals surface area contributed by atoms with Gasteiger partial charge in [-0.05, 0) is 18.2 Å². The second-order valence-corrected chi connectivity index (χ2v) is 3.54. The summed E-state index contributed by atoms with van der Waals surface area (Å²) in [4.78, 5) is 26.2. The predicted octanol–water partition coefficient (Wildman–Crippen LogP) is 1.80. The average Bonchev–Trinajstić information content (AvgIpc) is 2.38. The smallest absolute Gasteiger partial charge is 0.280 e. The summed E-state index contributed by atoms with van der Waals surface area (Å²) in [5, 5.41) is 10.8. The number of nitrogens with two attached hydrogens (primary N) is 1. The van der Waals surface area contributed by atoms with Crippen molar-refractivity contribution < 1.29 is 9.72 Å². The third kappa shape index (κ3) is 2.03. The highest BCUT2D eigenvalue weighted by atomic mass is 16.6. The van der Waals surface area contributed by atoms with E-state index in [9.17, 15) is 14.9 Å². The second-order valence-electron chi connectivity index (χ2n) is 3.54. The fourth-order valence-electron chi connectivity index (χ4n) is 1.58. The van der Waals surface area contributed by atoms with Crippen molar-refractivity contribution in [2.75, 3.05) is 5.73 Å². The van der Waals surface area contributed by atoms with Crippen molar-refractivity contribution in [2.45, 2.75) is 0 Å². The van der Waals surface area contributed by atoms with E-state index in [1.165, 1.54) is 30.5 Å². The number of rotatable bonds is 3. The van der Waals surface area contributed by atoms with Gasteiger partial charge in [-0.2, -0.15) is 0 Å². The van der Waals surface area contributed by atoms with E-state index in [1.807, 2.05) is 0 Å². The van der Waals surface area contributed by atoms with E-state index in [0.717, 1.165) is 0 Å². The first-order valence-corrected chi connectivity index (χ1v) is 5.10. The van der Waals surface area contributed by atoms with Gasteiger partial charge in [0.15, 0.2) is 0 Å². The number of anilines is 1. The zero-order valence-electron chi connectivity index (χ0n) is 9.24. The van der Waals surface area contributed by atoms with E-state index < -0.39 is 10.7 Å². The molecule has 0 aliphatic heterocycles. The molecule has 0 bridgehead atoms. The molecule has 0 amide bonds. The molecule has 1 heterocycles. The lowest BCUT2D eigenvalue weighted by Gasteiger charge is -2.04. The van der Waals surface area contributed by atoms with Crippen LogP contribution in [0.3, 0.4) is 0 Å². The summed E-state index contributed by atoms with van der Waals surface area (Å²) < 4.78 is 0. The van der Waals surface area contributed by atoms with Crippen molar-refractivity contribution in [1.82, 2.24) is 4.98 Å². The van der Waals surface area contributed by atoms with Gasteiger partial charge in [0.25, 0.3) is 5.69 Å². The van der Waals surface area contributed by atoms with E-state index >= 15 is 0 Å². The molecule has 18 heavy (non-hydrogen) atoms. The number of pyridine rings is 1. The van der Waals surface area contributed by atoms with E-state index in [-0.39, 0.29) is 22.6 Å². The number of carbonyl (C=O) groups is 1. The lowest BCUT2D eigenvalue weighted by molar-refractivity contribution is -0.385. The Morgan fingerprint density at radius 1 is 1.17 bits per heavy atom. The highest BCUT2D eigenvalue weighted by Gasteiger charge is 2.22. The number of hydrogen-bond acceptors (Lipinski definition) is 5. The maximum Gasteiger partial charge on any atom is 0.280 e. The minimum absolute atomic E-state index is 0.00204. The molecule has 0 aliphatic carbocycles. The average molecular weight is 243 g/mol. The molecule has 0 spiro atoms. The van der Waals surface area contributed by atoms with Crippen molar-refractivity contribution in [3.8, 4) is 0 Å². The number of hydrogen-bond donors (Lipinski definition) is 1. The van der Waals surface area contributed by atoms with Crippen molar-refractivity contribution in [1.29, 1.82) is 0 Å². The second kappa shape index (κ2) is 4.62. The Kier molecular flexibility index (Phi) is 3.01. The SMILES string of the molecule is Nc1ncccc1C(=O)c1ccccc1[N+](=O)[O-]. The van der Waals surface area contributed by atoms with Gasteiger partial charge in [0.05, 0.1) is 10.5 Å². The van der Waals surface area contributed by atoms with Crippen LogP contribution in [0, 0.1) is 10.1 Å². The van der Waals surface area contributed by atoms with E-state index in [0.29, 0.717) is 0 Å². The van der Waals surface area contributed by atoms with Crippen LogP contribution < -0.4 is 5.73 Å². The molecular formula is C12H9N3O3. The number of aromatic nitrogens is 1. The van der Waals surface area contributed by atoms with Crippen LogP contribution in [0.1, 0.15) is 15.9 Å². The number of carbonyl (C=O) groups excluding carboxylic acids is 1. The highest BCUT2D eigenvalue weighted by Crippen LogP contribution is 2.22. The topological polar surface area (TPSA) is 99.1 Å². The van der Waals surface area contributed by atoms with Gasteiger partial charge in [0, 0.05) is 12.3 Å². The van der Waals surface area contributed by atoms with Crippen LogP contribution >= 0.6 is 0 Å². The third-order valence-corrected chi connectivity index (χ3v) is 2.43. The largest absolute Gasteiger partial charge is 0.383 e. The summed E-state index contributed by atoms with van der Waals surface area (Å²) in [6.07, 6.45) is 1.45. The molecule has 90 valence electrons. The van der Waals surface area contributed by atoms with Crippen LogP contribution in [0.25, 0.3) is 0 Å². The zero-order valence-corrected chi connectivity index (χ0v) is 9.24. The number of benzene rings is 1. The molecule has 1 aromatic heterocycles. The maximum absolute atomic E-state index is 12.2.